The normalized spacial score (nSPS) is 21.0. The van der Waals surface area contributed by atoms with Gasteiger partial charge in [-0.2, -0.15) is 0 Å². The number of hydrogen-bond acceptors (Lipinski definition) is 5. The molecular formula is C18H23NO6. The van der Waals surface area contributed by atoms with Gasteiger partial charge in [0.05, 0.1) is 26.1 Å². The molecular weight excluding hydrogens is 326 g/mol. The van der Waals surface area contributed by atoms with Crippen molar-refractivity contribution in [3.8, 4) is 5.75 Å². The van der Waals surface area contributed by atoms with Crippen molar-refractivity contribution in [1.82, 2.24) is 5.32 Å². The first-order valence-electron chi connectivity index (χ1n) is 8.23. The van der Waals surface area contributed by atoms with Crippen LogP contribution < -0.4 is 10.1 Å². The number of carbonyl (C=O) groups excluding carboxylic acids is 2. The molecule has 25 heavy (non-hydrogen) atoms. The summed E-state index contributed by atoms with van der Waals surface area (Å²) in [6.07, 6.45) is 2.53. The lowest BCUT2D eigenvalue weighted by atomic mass is 9.78. The minimum absolute atomic E-state index is 0.441. The Morgan fingerprint density at radius 1 is 1.12 bits per heavy atom. The van der Waals surface area contributed by atoms with Gasteiger partial charge in [-0.15, -0.1) is 0 Å². The van der Waals surface area contributed by atoms with Gasteiger partial charge >= 0.3 is 11.9 Å². The average molecular weight is 349 g/mol. The van der Waals surface area contributed by atoms with Crippen LogP contribution in [0, 0.1) is 11.8 Å². The Labute approximate surface area is 146 Å². The number of hydrogen-bond donors (Lipinski definition) is 2. The maximum atomic E-state index is 12.7. The van der Waals surface area contributed by atoms with Crippen molar-refractivity contribution >= 4 is 17.8 Å². The van der Waals surface area contributed by atoms with Gasteiger partial charge in [0.25, 0.3) is 0 Å². The second-order valence-corrected chi connectivity index (χ2v) is 6.04. The van der Waals surface area contributed by atoms with E-state index >= 15 is 0 Å². The molecule has 1 aliphatic carbocycles. The number of rotatable bonds is 6. The quantitative estimate of drug-likeness (QED) is 0.761. The maximum Gasteiger partial charge on any atom is 0.333 e. The predicted molar refractivity (Wildman–Crippen MR) is 89.0 cm³/mol. The molecule has 1 aromatic carbocycles. The molecule has 1 saturated carbocycles. The van der Waals surface area contributed by atoms with Crippen LogP contribution in [-0.4, -0.2) is 37.2 Å². The number of amides is 1. The third kappa shape index (κ3) is 4.29. The number of carboxylic acids is 1. The van der Waals surface area contributed by atoms with E-state index in [9.17, 15) is 19.5 Å². The van der Waals surface area contributed by atoms with Crippen molar-refractivity contribution in [2.45, 2.75) is 31.7 Å². The molecule has 1 aromatic rings. The first kappa shape index (κ1) is 18.8. The van der Waals surface area contributed by atoms with E-state index in [0.29, 0.717) is 24.2 Å². The monoisotopic (exact) mass is 349 g/mol. The van der Waals surface area contributed by atoms with E-state index in [1.54, 1.807) is 24.3 Å². The lowest BCUT2D eigenvalue weighted by Gasteiger charge is -2.29. The molecule has 0 radical (unpaired) electrons. The van der Waals surface area contributed by atoms with Gasteiger partial charge in [-0.1, -0.05) is 31.0 Å². The molecule has 7 heteroatoms. The maximum absolute atomic E-state index is 12.7. The van der Waals surface area contributed by atoms with E-state index in [1.807, 2.05) is 0 Å². The van der Waals surface area contributed by atoms with Gasteiger partial charge in [-0.3, -0.25) is 9.59 Å². The number of methoxy groups -OCH3 is 2. The van der Waals surface area contributed by atoms with Crippen LogP contribution in [0.1, 0.15) is 37.3 Å². The minimum atomic E-state index is -1.05. The molecule has 0 bridgehead atoms. The van der Waals surface area contributed by atoms with E-state index in [2.05, 4.69) is 5.32 Å². The fourth-order valence-electron chi connectivity index (χ4n) is 3.28. The summed E-state index contributed by atoms with van der Waals surface area (Å²) in [6.45, 7) is 0. The lowest BCUT2D eigenvalue weighted by Crippen LogP contribution is -2.43. The Balaban J connectivity index is 2.26. The third-order valence-electron chi connectivity index (χ3n) is 4.59. The largest absolute Gasteiger partial charge is 0.496 e. The summed E-state index contributed by atoms with van der Waals surface area (Å²) >= 11 is 0. The highest BCUT2D eigenvalue weighted by molar-refractivity contribution is 5.89. The van der Waals surface area contributed by atoms with E-state index in [0.717, 1.165) is 12.8 Å². The summed E-state index contributed by atoms with van der Waals surface area (Å²) in [5, 5.41) is 12.0. The number of carbonyl (C=O) groups is 3. The molecule has 0 aliphatic heterocycles. The Hall–Kier alpha value is -2.57. The van der Waals surface area contributed by atoms with Crippen LogP contribution in [0.2, 0.25) is 0 Å². The highest BCUT2D eigenvalue weighted by Gasteiger charge is 2.38. The van der Waals surface area contributed by atoms with Crippen LogP contribution in [0.5, 0.6) is 5.75 Å². The van der Waals surface area contributed by atoms with E-state index in [-0.39, 0.29) is 0 Å². The third-order valence-corrected chi connectivity index (χ3v) is 4.59. The summed E-state index contributed by atoms with van der Waals surface area (Å²) in [5.74, 6) is -3.02. The molecule has 1 fully saturated rings. The number of carboxylic acid groups (broad SMARTS) is 1. The second-order valence-electron chi connectivity index (χ2n) is 6.04. The fourth-order valence-corrected chi connectivity index (χ4v) is 3.28. The molecule has 136 valence electrons. The van der Waals surface area contributed by atoms with Crippen molar-refractivity contribution in [2.75, 3.05) is 14.2 Å². The highest BCUT2D eigenvalue weighted by Crippen LogP contribution is 2.32. The molecule has 7 nitrogen and oxygen atoms in total. The number of nitrogens with one attached hydrogen (secondary N) is 1. The van der Waals surface area contributed by atoms with Gasteiger partial charge in [-0.05, 0) is 18.9 Å². The number of aliphatic carboxylic acids is 1. The SMILES string of the molecule is COC(=O)[C@H](NC(=O)[C@@H]1CCCC[C@H]1C(=O)O)c1ccccc1OC. The molecule has 0 heterocycles. The molecule has 2 rings (SSSR count). The molecule has 0 saturated heterocycles. The zero-order chi connectivity index (χ0) is 18.4. The van der Waals surface area contributed by atoms with Crippen LogP contribution in [0.3, 0.4) is 0 Å². The van der Waals surface area contributed by atoms with Crippen LogP contribution >= 0.6 is 0 Å². The summed E-state index contributed by atoms with van der Waals surface area (Å²) < 4.78 is 10.1. The van der Waals surface area contributed by atoms with Crippen molar-refractivity contribution in [3.63, 3.8) is 0 Å². The van der Waals surface area contributed by atoms with Gasteiger partial charge in [0, 0.05) is 5.56 Å². The number of esters is 1. The number of benzene rings is 1. The van der Waals surface area contributed by atoms with Gasteiger partial charge < -0.3 is 19.9 Å². The molecule has 3 atom stereocenters. The average Bonchev–Trinajstić information content (AvgIpc) is 2.65. The van der Waals surface area contributed by atoms with Crippen LogP contribution in [0.15, 0.2) is 24.3 Å². The zero-order valence-corrected chi connectivity index (χ0v) is 14.4. The van der Waals surface area contributed by atoms with E-state index < -0.39 is 35.7 Å². The first-order valence-corrected chi connectivity index (χ1v) is 8.23. The second kappa shape index (κ2) is 8.50. The standard InChI is InChI=1S/C18H23NO6/c1-24-14-10-6-5-9-13(14)15(18(23)25-2)19-16(20)11-7-3-4-8-12(11)17(21)22/h5-6,9-12,15H,3-4,7-8H2,1-2H3,(H,19,20)(H,21,22)/t11-,12-,15-/m1/s1. The molecule has 1 amide bonds. The van der Waals surface area contributed by atoms with Crippen molar-refractivity contribution in [3.05, 3.63) is 29.8 Å². The summed E-state index contributed by atoms with van der Waals surface area (Å²) in [6, 6.07) is 5.76. The van der Waals surface area contributed by atoms with Gasteiger partial charge in [0.15, 0.2) is 6.04 Å². The topological polar surface area (TPSA) is 102 Å². The number of para-hydroxylation sites is 1. The van der Waals surface area contributed by atoms with Crippen LogP contribution in [-0.2, 0) is 19.1 Å². The predicted octanol–water partition coefficient (Wildman–Crippen LogP) is 1.92. The Kier molecular flexibility index (Phi) is 6.38. The number of ether oxygens (including phenoxy) is 2. The molecule has 2 N–H and O–H groups in total. The summed E-state index contributed by atoms with van der Waals surface area (Å²) in [7, 11) is 2.70. The van der Waals surface area contributed by atoms with Gasteiger partial charge in [0.2, 0.25) is 5.91 Å². The molecule has 1 aliphatic rings. The summed E-state index contributed by atoms with van der Waals surface area (Å²) in [5.41, 5.74) is 0.466. The summed E-state index contributed by atoms with van der Waals surface area (Å²) in [4.78, 5) is 36.3. The Bertz CT molecular complexity index is 644. The molecule has 0 aromatic heterocycles. The van der Waals surface area contributed by atoms with Crippen LogP contribution in [0.4, 0.5) is 0 Å². The smallest absolute Gasteiger partial charge is 0.333 e. The van der Waals surface area contributed by atoms with Crippen molar-refractivity contribution in [2.24, 2.45) is 11.8 Å². The van der Waals surface area contributed by atoms with Gasteiger partial charge in [0.1, 0.15) is 5.75 Å². The fraction of sp³-hybridized carbons (Fsp3) is 0.500. The Morgan fingerprint density at radius 2 is 1.76 bits per heavy atom. The van der Waals surface area contributed by atoms with Crippen LogP contribution in [0.25, 0.3) is 0 Å². The Morgan fingerprint density at radius 3 is 2.36 bits per heavy atom. The molecule has 0 spiro atoms. The molecule has 0 unspecified atom stereocenters. The van der Waals surface area contributed by atoms with E-state index in [1.165, 1.54) is 14.2 Å². The lowest BCUT2D eigenvalue weighted by molar-refractivity contribution is -0.150. The highest BCUT2D eigenvalue weighted by atomic mass is 16.5. The van der Waals surface area contributed by atoms with Gasteiger partial charge in [-0.25, -0.2) is 4.79 Å². The minimum Gasteiger partial charge on any atom is -0.496 e. The van der Waals surface area contributed by atoms with E-state index in [4.69, 9.17) is 9.47 Å². The first-order chi connectivity index (χ1) is 12.0. The zero-order valence-electron chi connectivity index (χ0n) is 14.4. The van der Waals surface area contributed by atoms with Crippen molar-refractivity contribution < 1.29 is 29.0 Å². The van der Waals surface area contributed by atoms with Crippen molar-refractivity contribution in [1.29, 1.82) is 0 Å².